The van der Waals surface area contributed by atoms with Gasteiger partial charge in [0.1, 0.15) is 0 Å². The fourth-order valence-electron chi connectivity index (χ4n) is 0.789. The molecule has 0 aromatic heterocycles. The number of anilines is 1. The number of nitrogens with two attached hydrogens (primary N) is 1. The minimum atomic E-state index is -0.288. The van der Waals surface area contributed by atoms with E-state index < -0.39 is 0 Å². The van der Waals surface area contributed by atoms with Gasteiger partial charge >= 0.3 is 6.03 Å². The van der Waals surface area contributed by atoms with Gasteiger partial charge in [0, 0.05) is 5.69 Å². The minimum absolute atomic E-state index is 0.138. The number of carbonyl (C=O) groups excluding carboxylic acids is 1. The highest BCUT2D eigenvalue weighted by molar-refractivity contribution is 5.89. The third-order valence-electron chi connectivity index (χ3n) is 1.29. The average molecular weight is 165 g/mol. The van der Waals surface area contributed by atoms with E-state index in [2.05, 4.69) is 10.6 Å². The summed E-state index contributed by atoms with van der Waals surface area (Å²) in [7, 11) is 0. The van der Waals surface area contributed by atoms with Crippen LogP contribution >= 0.6 is 0 Å². The van der Waals surface area contributed by atoms with E-state index in [1.807, 2.05) is 18.2 Å². The first-order valence-corrected chi connectivity index (χ1v) is 3.63. The van der Waals surface area contributed by atoms with Crippen molar-refractivity contribution in [2.24, 2.45) is 5.73 Å². The second-order valence-electron chi connectivity index (χ2n) is 2.20. The number of rotatable bonds is 2. The summed E-state index contributed by atoms with van der Waals surface area (Å²) in [4.78, 5) is 10.9. The molecule has 0 aliphatic carbocycles. The van der Waals surface area contributed by atoms with Crippen LogP contribution in [0.2, 0.25) is 0 Å². The van der Waals surface area contributed by atoms with Crippen LogP contribution in [0.3, 0.4) is 0 Å². The monoisotopic (exact) mass is 165 g/mol. The van der Waals surface area contributed by atoms with Crippen LogP contribution in [0, 0.1) is 0 Å². The molecular formula is C8H11N3O. The molecule has 64 valence electrons. The maximum Gasteiger partial charge on any atom is 0.320 e. The van der Waals surface area contributed by atoms with Gasteiger partial charge in [-0.3, -0.25) is 0 Å². The third-order valence-corrected chi connectivity index (χ3v) is 1.29. The molecule has 0 heterocycles. The van der Waals surface area contributed by atoms with Crippen molar-refractivity contribution in [2.45, 2.75) is 0 Å². The molecule has 0 fully saturated rings. The Morgan fingerprint density at radius 2 is 2.00 bits per heavy atom. The number of carbonyl (C=O) groups is 1. The summed E-state index contributed by atoms with van der Waals surface area (Å²) in [6.07, 6.45) is 0. The van der Waals surface area contributed by atoms with Crippen LogP contribution in [0.15, 0.2) is 30.3 Å². The maximum absolute atomic E-state index is 10.9. The number of benzene rings is 1. The van der Waals surface area contributed by atoms with Crippen molar-refractivity contribution in [3.63, 3.8) is 0 Å². The molecule has 2 amide bonds. The molecule has 0 spiro atoms. The van der Waals surface area contributed by atoms with Crippen molar-refractivity contribution in [3.05, 3.63) is 30.3 Å². The van der Waals surface area contributed by atoms with E-state index >= 15 is 0 Å². The van der Waals surface area contributed by atoms with Gasteiger partial charge < -0.3 is 16.4 Å². The molecule has 0 unspecified atom stereocenters. The molecule has 0 saturated heterocycles. The Balaban J connectivity index is 2.47. The van der Waals surface area contributed by atoms with E-state index in [4.69, 9.17) is 5.73 Å². The van der Waals surface area contributed by atoms with Crippen molar-refractivity contribution in [1.82, 2.24) is 5.32 Å². The van der Waals surface area contributed by atoms with Crippen molar-refractivity contribution in [3.8, 4) is 0 Å². The Morgan fingerprint density at radius 1 is 1.33 bits per heavy atom. The van der Waals surface area contributed by atoms with E-state index in [0.29, 0.717) is 0 Å². The molecule has 0 saturated carbocycles. The number of para-hydroxylation sites is 1. The Hall–Kier alpha value is -1.55. The minimum Gasteiger partial charge on any atom is -0.326 e. The summed E-state index contributed by atoms with van der Waals surface area (Å²) in [5.74, 6) is 0. The zero-order valence-corrected chi connectivity index (χ0v) is 6.58. The SMILES string of the molecule is NCNC(=O)Nc1ccccc1. The number of hydrogen-bond donors (Lipinski definition) is 3. The van der Waals surface area contributed by atoms with E-state index in [-0.39, 0.29) is 12.7 Å². The van der Waals surface area contributed by atoms with Gasteiger partial charge in [-0.1, -0.05) is 18.2 Å². The van der Waals surface area contributed by atoms with Gasteiger partial charge in [-0.25, -0.2) is 4.79 Å². The van der Waals surface area contributed by atoms with Crippen LogP contribution in [0.4, 0.5) is 10.5 Å². The van der Waals surface area contributed by atoms with Gasteiger partial charge in [0.15, 0.2) is 0 Å². The summed E-state index contributed by atoms with van der Waals surface area (Å²) in [6, 6.07) is 8.89. The van der Waals surface area contributed by atoms with Crippen LogP contribution in [0.1, 0.15) is 0 Å². The first-order valence-electron chi connectivity index (χ1n) is 3.63. The van der Waals surface area contributed by atoms with Crippen LogP contribution < -0.4 is 16.4 Å². The molecule has 0 aliphatic heterocycles. The Labute approximate surface area is 70.8 Å². The van der Waals surface area contributed by atoms with Crippen molar-refractivity contribution >= 4 is 11.7 Å². The zero-order chi connectivity index (χ0) is 8.81. The summed E-state index contributed by atoms with van der Waals surface area (Å²) < 4.78 is 0. The van der Waals surface area contributed by atoms with Crippen LogP contribution in [0.5, 0.6) is 0 Å². The zero-order valence-electron chi connectivity index (χ0n) is 6.58. The molecular weight excluding hydrogens is 154 g/mol. The van der Waals surface area contributed by atoms with E-state index in [9.17, 15) is 4.79 Å². The average Bonchev–Trinajstić information content (AvgIpc) is 2.06. The Morgan fingerprint density at radius 3 is 2.58 bits per heavy atom. The topological polar surface area (TPSA) is 67.1 Å². The van der Waals surface area contributed by atoms with Gasteiger partial charge in [0.2, 0.25) is 0 Å². The normalized spacial score (nSPS) is 9.08. The standard InChI is InChI=1S/C8H11N3O/c9-6-10-8(12)11-7-4-2-1-3-5-7/h1-5H,6,9H2,(H2,10,11,12). The number of nitrogens with one attached hydrogen (secondary N) is 2. The first kappa shape index (κ1) is 8.55. The quantitative estimate of drug-likeness (QED) is 0.565. The lowest BCUT2D eigenvalue weighted by Crippen LogP contribution is -2.33. The maximum atomic E-state index is 10.9. The van der Waals surface area contributed by atoms with E-state index in [1.54, 1.807) is 12.1 Å². The molecule has 12 heavy (non-hydrogen) atoms. The summed E-state index contributed by atoms with van der Waals surface area (Å²) >= 11 is 0. The number of hydrogen-bond acceptors (Lipinski definition) is 2. The van der Waals surface area contributed by atoms with Gasteiger partial charge in [0.25, 0.3) is 0 Å². The fourth-order valence-corrected chi connectivity index (χ4v) is 0.789. The molecule has 4 heteroatoms. The lowest BCUT2D eigenvalue weighted by molar-refractivity contribution is 0.252. The molecule has 1 rings (SSSR count). The highest BCUT2D eigenvalue weighted by atomic mass is 16.2. The van der Waals surface area contributed by atoms with Crippen LogP contribution in [-0.2, 0) is 0 Å². The second-order valence-corrected chi connectivity index (χ2v) is 2.20. The molecule has 0 radical (unpaired) electrons. The van der Waals surface area contributed by atoms with Crippen LogP contribution in [0.25, 0.3) is 0 Å². The molecule has 4 nitrogen and oxygen atoms in total. The van der Waals surface area contributed by atoms with E-state index in [0.717, 1.165) is 5.69 Å². The van der Waals surface area contributed by atoms with Gasteiger partial charge in [-0.2, -0.15) is 0 Å². The molecule has 4 N–H and O–H groups in total. The lowest BCUT2D eigenvalue weighted by atomic mass is 10.3. The van der Waals surface area contributed by atoms with Crippen molar-refractivity contribution < 1.29 is 4.79 Å². The Bertz CT molecular complexity index is 248. The molecule has 0 aliphatic rings. The molecule has 1 aromatic carbocycles. The smallest absolute Gasteiger partial charge is 0.320 e. The molecule has 0 bridgehead atoms. The van der Waals surface area contributed by atoms with Gasteiger partial charge in [-0.05, 0) is 12.1 Å². The molecule has 0 atom stereocenters. The van der Waals surface area contributed by atoms with E-state index in [1.165, 1.54) is 0 Å². The second kappa shape index (κ2) is 4.35. The number of amides is 2. The largest absolute Gasteiger partial charge is 0.326 e. The fraction of sp³-hybridized carbons (Fsp3) is 0.125. The van der Waals surface area contributed by atoms with Crippen molar-refractivity contribution in [1.29, 1.82) is 0 Å². The number of urea groups is 1. The predicted octanol–water partition coefficient (Wildman–Crippen LogP) is 0.724. The van der Waals surface area contributed by atoms with Gasteiger partial charge in [0.05, 0.1) is 6.67 Å². The highest BCUT2D eigenvalue weighted by Gasteiger charge is 1.96. The Kier molecular flexibility index (Phi) is 3.10. The van der Waals surface area contributed by atoms with Crippen molar-refractivity contribution in [2.75, 3.05) is 12.0 Å². The lowest BCUT2D eigenvalue weighted by Gasteiger charge is -2.04. The predicted molar refractivity (Wildman–Crippen MR) is 47.7 cm³/mol. The third kappa shape index (κ3) is 2.59. The first-order chi connectivity index (χ1) is 5.83. The molecule has 1 aromatic rings. The summed E-state index contributed by atoms with van der Waals surface area (Å²) in [5.41, 5.74) is 5.86. The van der Waals surface area contributed by atoms with Crippen LogP contribution in [-0.4, -0.2) is 12.7 Å². The van der Waals surface area contributed by atoms with Gasteiger partial charge in [-0.15, -0.1) is 0 Å². The highest BCUT2D eigenvalue weighted by Crippen LogP contribution is 2.03. The summed E-state index contributed by atoms with van der Waals surface area (Å²) in [5, 5.41) is 5.03. The summed E-state index contributed by atoms with van der Waals surface area (Å²) in [6.45, 7) is 0.138.